The molecule has 1 aromatic carbocycles. The van der Waals surface area contributed by atoms with Crippen LogP contribution in [0.5, 0.6) is 0 Å². The van der Waals surface area contributed by atoms with Gasteiger partial charge in [-0.05, 0) is 35.3 Å². The van der Waals surface area contributed by atoms with Crippen LogP contribution in [0.2, 0.25) is 0 Å². The lowest BCUT2D eigenvalue weighted by molar-refractivity contribution is -0.682. The second kappa shape index (κ2) is 6.11. The Kier molecular flexibility index (Phi) is 3.14. The topological polar surface area (TPSA) is 3.88 Å². The molecule has 1 aromatic heterocycles. The fraction of sp³-hybridized carbons (Fsp3) is 0.500. The molecule has 2 rings (SSSR count). The maximum Gasteiger partial charge on any atom is 0.187 e. The van der Waals surface area contributed by atoms with Crippen molar-refractivity contribution in [1.82, 2.24) is 0 Å². The summed E-state index contributed by atoms with van der Waals surface area (Å²) >= 11 is 0. The lowest BCUT2D eigenvalue weighted by Gasteiger charge is -2.19. The van der Waals surface area contributed by atoms with Crippen molar-refractivity contribution in [2.75, 3.05) is 0 Å². The first kappa shape index (κ1) is 11.8. The summed E-state index contributed by atoms with van der Waals surface area (Å²) in [5.41, 5.74) is 2.70. The van der Waals surface area contributed by atoms with Gasteiger partial charge in [0, 0.05) is 23.9 Å². The van der Waals surface area contributed by atoms with Crippen LogP contribution in [0.3, 0.4) is 0 Å². The normalized spacial score (nSPS) is 16.9. The van der Waals surface area contributed by atoms with Crippen molar-refractivity contribution in [3.8, 4) is 11.1 Å². The van der Waals surface area contributed by atoms with E-state index in [0.717, 1.165) is 11.3 Å². The van der Waals surface area contributed by atoms with Crippen LogP contribution in [0, 0.1) is 12.3 Å². The number of rotatable bonds is 2. The van der Waals surface area contributed by atoms with E-state index in [-0.39, 0.29) is 5.41 Å². The van der Waals surface area contributed by atoms with Gasteiger partial charge in [0.2, 0.25) is 0 Å². The summed E-state index contributed by atoms with van der Waals surface area (Å²) < 4.78 is 42.7. The standard InChI is InChI=1S/C22H32N/c1-16-15-23(8)20(22(5,6)7)13-19(16)18-11-9-17(10-12-18)14-21(2,3)4/h9-13,15H,14H2,1-8H3/q+1/i1D3,14D2. The van der Waals surface area contributed by atoms with Crippen LogP contribution in [0.15, 0.2) is 36.5 Å². The molecule has 2 aromatic rings. The van der Waals surface area contributed by atoms with E-state index >= 15 is 0 Å². The predicted molar refractivity (Wildman–Crippen MR) is 99.7 cm³/mol. The molecule has 0 bridgehead atoms. The molecule has 0 aliphatic carbocycles. The van der Waals surface area contributed by atoms with Gasteiger partial charge in [-0.3, -0.25) is 0 Å². The average Bonchev–Trinajstić information content (AvgIpc) is 2.51. The Bertz CT molecular complexity index is 851. The van der Waals surface area contributed by atoms with Crippen molar-refractivity contribution in [2.24, 2.45) is 12.5 Å². The first-order chi connectivity index (χ1) is 12.5. The number of aryl methyl sites for hydroxylation is 2. The minimum Gasteiger partial charge on any atom is -0.204 e. The summed E-state index contributed by atoms with van der Waals surface area (Å²) in [6.45, 7) is 9.69. The highest BCUT2D eigenvalue weighted by molar-refractivity contribution is 5.67. The minimum absolute atomic E-state index is 0.138. The highest BCUT2D eigenvalue weighted by atomic mass is 14.9. The Labute approximate surface area is 149 Å². The number of aromatic nitrogens is 1. The number of pyridine rings is 1. The molecule has 0 fully saturated rings. The van der Waals surface area contributed by atoms with Gasteiger partial charge in [0.05, 0.1) is 0 Å². The zero-order valence-corrected chi connectivity index (χ0v) is 15.4. The predicted octanol–water partition coefficient (Wildman–Crippen LogP) is 5.37. The second-order valence-electron chi connectivity index (χ2n) is 8.30. The number of hydrogen-bond acceptors (Lipinski definition) is 0. The molecular weight excluding hydrogens is 278 g/mol. The van der Waals surface area contributed by atoms with Gasteiger partial charge in [-0.2, -0.15) is 0 Å². The van der Waals surface area contributed by atoms with Crippen molar-refractivity contribution >= 4 is 0 Å². The molecule has 0 amide bonds. The maximum atomic E-state index is 8.45. The van der Waals surface area contributed by atoms with E-state index in [0.29, 0.717) is 16.7 Å². The lowest BCUT2D eigenvalue weighted by Crippen LogP contribution is -2.39. The smallest absolute Gasteiger partial charge is 0.187 e. The van der Waals surface area contributed by atoms with Gasteiger partial charge < -0.3 is 0 Å². The largest absolute Gasteiger partial charge is 0.204 e. The van der Waals surface area contributed by atoms with Crippen LogP contribution in [0.4, 0.5) is 0 Å². The van der Waals surface area contributed by atoms with E-state index in [2.05, 4.69) is 20.8 Å². The van der Waals surface area contributed by atoms with Crippen LogP contribution in [-0.2, 0) is 18.8 Å². The van der Waals surface area contributed by atoms with E-state index in [1.54, 1.807) is 18.3 Å². The van der Waals surface area contributed by atoms with Crippen LogP contribution >= 0.6 is 0 Å². The number of hydrogen-bond donors (Lipinski definition) is 0. The third kappa shape index (κ3) is 4.43. The molecule has 124 valence electrons. The summed E-state index contributed by atoms with van der Waals surface area (Å²) in [5, 5.41) is 0. The molecule has 0 aliphatic rings. The molecule has 1 nitrogen and oxygen atoms in total. The van der Waals surface area contributed by atoms with E-state index in [1.807, 2.05) is 50.6 Å². The average molecular weight is 316 g/mol. The molecule has 0 spiro atoms. The highest BCUT2D eigenvalue weighted by Gasteiger charge is 2.25. The molecule has 0 N–H and O–H groups in total. The SMILES string of the molecule is [2H]C([2H])([2H])c1c[n+](C)c(C(C)(C)C)cc1-c1ccc(C([2H])([2H])C(C)(C)C)cc1. The molecule has 1 heterocycles. The third-order valence-corrected chi connectivity index (χ3v) is 3.76. The highest BCUT2D eigenvalue weighted by Crippen LogP contribution is 2.29. The Balaban J connectivity index is 2.67. The van der Waals surface area contributed by atoms with Gasteiger partial charge in [-0.25, -0.2) is 4.57 Å². The van der Waals surface area contributed by atoms with Gasteiger partial charge in [-0.1, -0.05) is 65.8 Å². The molecule has 1 heteroatoms. The zero-order valence-electron chi connectivity index (χ0n) is 20.4. The van der Waals surface area contributed by atoms with Crippen LogP contribution in [0.25, 0.3) is 11.1 Å². The minimum atomic E-state index is -2.23. The molecular formula is C22H32N+. The molecule has 23 heavy (non-hydrogen) atoms. The Hall–Kier alpha value is -1.63. The molecule has 0 radical (unpaired) electrons. The summed E-state index contributed by atoms with van der Waals surface area (Å²) in [6, 6.07) is 9.15. The van der Waals surface area contributed by atoms with Gasteiger partial charge in [0.15, 0.2) is 11.9 Å². The van der Waals surface area contributed by atoms with E-state index in [9.17, 15) is 0 Å². The van der Waals surface area contributed by atoms with Crippen molar-refractivity contribution in [2.45, 2.75) is 60.2 Å². The summed E-state index contributed by atoms with van der Waals surface area (Å²) in [7, 11) is 1.88. The van der Waals surface area contributed by atoms with E-state index < -0.39 is 18.6 Å². The lowest BCUT2D eigenvalue weighted by atomic mass is 9.86. The zero-order chi connectivity index (χ0) is 21.7. The van der Waals surface area contributed by atoms with Gasteiger partial charge in [0.25, 0.3) is 0 Å². The first-order valence-electron chi connectivity index (χ1n) is 10.6. The van der Waals surface area contributed by atoms with E-state index in [1.165, 1.54) is 0 Å². The first-order valence-corrected chi connectivity index (χ1v) is 8.12. The molecule has 0 saturated heterocycles. The van der Waals surface area contributed by atoms with Gasteiger partial charge in [0.1, 0.15) is 7.05 Å². The Morgan fingerprint density at radius 1 is 1.04 bits per heavy atom. The quantitative estimate of drug-likeness (QED) is 0.656. The maximum absolute atomic E-state index is 8.45. The van der Waals surface area contributed by atoms with Crippen LogP contribution in [0.1, 0.15) is 65.2 Å². The number of benzene rings is 1. The van der Waals surface area contributed by atoms with E-state index in [4.69, 9.17) is 6.85 Å². The Morgan fingerprint density at radius 2 is 1.65 bits per heavy atom. The van der Waals surface area contributed by atoms with Crippen LogP contribution in [-0.4, -0.2) is 0 Å². The number of nitrogens with zero attached hydrogens (tertiary/aromatic N) is 1. The van der Waals surface area contributed by atoms with Gasteiger partial charge >= 0.3 is 0 Å². The fourth-order valence-electron chi connectivity index (χ4n) is 2.80. The second-order valence-corrected chi connectivity index (χ2v) is 8.30. The fourth-order valence-corrected chi connectivity index (χ4v) is 2.80. The molecule has 0 saturated carbocycles. The summed E-state index contributed by atoms with van der Waals surface area (Å²) in [5.74, 6) is 0. The molecule has 0 unspecified atom stereocenters. The summed E-state index contributed by atoms with van der Waals surface area (Å²) in [6.07, 6.45) is 0.212. The van der Waals surface area contributed by atoms with Gasteiger partial charge in [-0.15, -0.1) is 0 Å². The summed E-state index contributed by atoms with van der Waals surface area (Å²) in [4.78, 5) is 0. The van der Waals surface area contributed by atoms with Crippen molar-refractivity contribution < 1.29 is 11.4 Å². The van der Waals surface area contributed by atoms with Crippen LogP contribution < -0.4 is 4.57 Å². The molecule has 0 atom stereocenters. The van der Waals surface area contributed by atoms with Crippen molar-refractivity contribution in [3.05, 3.63) is 53.3 Å². The third-order valence-electron chi connectivity index (χ3n) is 3.76. The Morgan fingerprint density at radius 3 is 2.13 bits per heavy atom. The molecule has 0 aliphatic heterocycles. The monoisotopic (exact) mass is 315 g/mol. The van der Waals surface area contributed by atoms with Crippen molar-refractivity contribution in [1.29, 1.82) is 0 Å². The van der Waals surface area contributed by atoms with Crippen molar-refractivity contribution in [3.63, 3.8) is 0 Å².